The molecule has 10 heteroatoms. The average molecular weight is 530 g/mol. The molecule has 2 heterocycles. The minimum absolute atomic E-state index is 0.0553. The van der Waals surface area contributed by atoms with Gasteiger partial charge in [-0.1, -0.05) is 29.0 Å². The molecule has 0 atom stereocenters. The Hall–Kier alpha value is -3.01. The molecule has 0 fully saturated rings. The Morgan fingerprint density at radius 3 is 2.63 bits per heavy atom. The molecule has 1 amide bonds. The van der Waals surface area contributed by atoms with Crippen LogP contribution in [0.2, 0.25) is 5.02 Å². The molecule has 0 N–H and O–H groups in total. The number of ether oxygens (including phenoxy) is 1. The van der Waals surface area contributed by atoms with Gasteiger partial charge in [0.1, 0.15) is 5.75 Å². The van der Waals surface area contributed by atoms with Gasteiger partial charge in [0.15, 0.2) is 15.0 Å². The summed E-state index contributed by atoms with van der Waals surface area (Å²) in [6, 6.07) is 17.2. The number of benzene rings is 2. The number of carbonyl (C=O) groups is 1. The summed E-state index contributed by atoms with van der Waals surface area (Å²) in [5.74, 6) is 0.381. The van der Waals surface area contributed by atoms with Gasteiger partial charge in [0.2, 0.25) is 5.91 Å². The second-order valence-electron chi connectivity index (χ2n) is 7.74. The molecule has 35 heavy (non-hydrogen) atoms. The van der Waals surface area contributed by atoms with E-state index in [1.54, 1.807) is 11.1 Å². The zero-order valence-corrected chi connectivity index (χ0v) is 21.4. The van der Waals surface area contributed by atoms with Gasteiger partial charge in [-0.2, -0.15) is 0 Å². The molecule has 0 unspecified atom stereocenters. The predicted molar refractivity (Wildman–Crippen MR) is 139 cm³/mol. The van der Waals surface area contributed by atoms with Crippen molar-refractivity contribution in [3.05, 3.63) is 77.6 Å². The largest absolute Gasteiger partial charge is 0.494 e. The number of carbonyl (C=O) groups excluding carboxylic acids is 1. The Morgan fingerprint density at radius 2 is 1.91 bits per heavy atom. The fraction of sp³-hybridized carbons (Fsp3) is 0.240. The summed E-state index contributed by atoms with van der Waals surface area (Å²) in [5.41, 5.74) is 1.47. The number of fused-ring (bicyclic) bond motifs is 1. The highest BCUT2D eigenvalue weighted by molar-refractivity contribution is 7.91. The molecular weight excluding hydrogens is 506 g/mol. The van der Waals surface area contributed by atoms with Gasteiger partial charge in [0, 0.05) is 17.6 Å². The second kappa shape index (κ2) is 11.2. The molecule has 2 aromatic carbocycles. The lowest BCUT2D eigenvalue weighted by molar-refractivity contribution is -0.118. The molecule has 2 aromatic heterocycles. The van der Waals surface area contributed by atoms with E-state index in [9.17, 15) is 13.2 Å². The first-order chi connectivity index (χ1) is 16.9. The molecule has 0 bridgehead atoms. The molecule has 4 rings (SSSR count). The maximum atomic E-state index is 13.3. The SMILES string of the molecule is CCOc1ccc2nc(N(Cc3ccccn3)C(=O)CCCS(=O)(=O)c3ccc(Cl)cc3)sc2c1. The molecule has 4 aromatic rings. The number of aromatic nitrogens is 2. The van der Waals surface area contributed by atoms with E-state index in [1.807, 2.05) is 43.3 Å². The Kier molecular flexibility index (Phi) is 8.00. The van der Waals surface area contributed by atoms with Crippen molar-refractivity contribution < 1.29 is 17.9 Å². The number of hydrogen-bond donors (Lipinski definition) is 0. The molecule has 7 nitrogen and oxygen atoms in total. The van der Waals surface area contributed by atoms with E-state index >= 15 is 0 Å². The summed E-state index contributed by atoms with van der Waals surface area (Å²) in [6.45, 7) is 2.71. The van der Waals surface area contributed by atoms with Crippen molar-refractivity contribution in [3.8, 4) is 5.75 Å². The van der Waals surface area contributed by atoms with E-state index in [4.69, 9.17) is 16.3 Å². The van der Waals surface area contributed by atoms with Gasteiger partial charge in [-0.15, -0.1) is 0 Å². The maximum Gasteiger partial charge on any atom is 0.229 e. The number of thiazole rings is 1. The third kappa shape index (κ3) is 6.36. The van der Waals surface area contributed by atoms with Gasteiger partial charge in [-0.05, 0) is 67.9 Å². The fourth-order valence-corrected chi connectivity index (χ4v) is 5.94. The van der Waals surface area contributed by atoms with E-state index in [0.717, 1.165) is 16.0 Å². The highest BCUT2D eigenvalue weighted by Crippen LogP contribution is 2.32. The van der Waals surface area contributed by atoms with Crippen LogP contribution in [0.5, 0.6) is 5.75 Å². The Balaban J connectivity index is 1.53. The number of anilines is 1. The van der Waals surface area contributed by atoms with Crippen molar-refractivity contribution >= 4 is 54.0 Å². The van der Waals surface area contributed by atoms with Crippen LogP contribution in [0.3, 0.4) is 0 Å². The van der Waals surface area contributed by atoms with Crippen molar-refractivity contribution in [2.24, 2.45) is 0 Å². The lowest BCUT2D eigenvalue weighted by Gasteiger charge is -2.19. The van der Waals surface area contributed by atoms with E-state index in [-0.39, 0.29) is 35.9 Å². The minimum Gasteiger partial charge on any atom is -0.494 e. The lowest BCUT2D eigenvalue weighted by atomic mass is 10.2. The fourth-order valence-electron chi connectivity index (χ4n) is 3.49. The number of rotatable bonds is 10. The van der Waals surface area contributed by atoms with E-state index in [0.29, 0.717) is 22.5 Å². The monoisotopic (exact) mass is 529 g/mol. The third-order valence-electron chi connectivity index (χ3n) is 5.21. The number of pyridine rings is 1. The van der Waals surface area contributed by atoms with E-state index in [2.05, 4.69) is 9.97 Å². The van der Waals surface area contributed by atoms with Crippen LogP contribution >= 0.6 is 22.9 Å². The number of amides is 1. The van der Waals surface area contributed by atoms with E-state index < -0.39 is 9.84 Å². The van der Waals surface area contributed by atoms with Gasteiger partial charge < -0.3 is 4.74 Å². The van der Waals surface area contributed by atoms with E-state index in [1.165, 1.54) is 35.6 Å². The Bertz CT molecular complexity index is 1410. The summed E-state index contributed by atoms with van der Waals surface area (Å²) < 4.78 is 31.8. The number of sulfone groups is 1. The topological polar surface area (TPSA) is 89.5 Å². The van der Waals surface area contributed by atoms with Crippen LogP contribution in [0, 0.1) is 0 Å². The quantitative estimate of drug-likeness (QED) is 0.268. The Morgan fingerprint density at radius 1 is 1.11 bits per heavy atom. The first-order valence-electron chi connectivity index (χ1n) is 11.1. The molecule has 182 valence electrons. The zero-order valence-electron chi connectivity index (χ0n) is 19.1. The maximum absolute atomic E-state index is 13.3. The van der Waals surface area contributed by atoms with Gasteiger partial charge in [0.05, 0.1) is 39.7 Å². The summed E-state index contributed by atoms with van der Waals surface area (Å²) >= 11 is 7.24. The normalized spacial score (nSPS) is 11.5. The molecule has 0 radical (unpaired) electrons. The summed E-state index contributed by atoms with van der Waals surface area (Å²) in [6.07, 6.45) is 1.91. The molecular formula is C25H24ClN3O4S2. The van der Waals surface area contributed by atoms with Crippen LogP contribution < -0.4 is 9.64 Å². The van der Waals surface area contributed by atoms with Crippen molar-refractivity contribution in [2.45, 2.75) is 31.2 Å². The molecule has 0 aliphatic heterocycles. The smallest absolute Gasteiger partial charge is 0.229 e. The van der Waals surface area contributed by atoms with Crippen LogP contribution in [0.25, 0.3) is 10.2 Å². The van der Waals surface area contributed by atoms with Crippen molar-refractivity contribution in [3.63, 3.8) is 0 Å². The van der Waals surface area contributed by atoms with Crippen molar-refractivity contribution in [1.82, 2.24) is 9.97 Å². The van der Waals surface area contributed by atoms with Crippen LogP contribution in [-0.2, 0) is 21.2 Å². The number of hydrogen-bond acceptors (Lipinski definition) is 7. The molecule has 0 aliphatic carbocycles. The standard InChI is InChI=1S/C25H24ClN3O4S2/c1-2-33-20-10-13-22-23(16-20)34-25(28-22)29(17-19-6-3-4-14-27-19)24(30)7-5-15-35(31,32)21-11-8-18(26)9-12-21/h3-4,6,8-14,16H,2,5,7,15,17H2,1H3. The summed E-state index contributed by atoms with van der Waals surface area (Å²) in [4.78, 5) is 24.0. The minimum atomic E-state index is -3.52. The molecule has 0 aliphatic rings. The van der Waals surface area contributed by atoms with Gasteiger partial charge in [-0.25, -0.2) is 13.4 Å². The highest BCUT2D eigenvalue weighted by Gasteiger charge is 2.22. The molecule has 0 saturated heterocycles. The summed E-state index contributed by atoms with van der Waals surface area (Å²) in [5, 5.41) is 0.998. The van der Waals surface area contributed by atoms with Gasteiger partial charge >= 0.3 is 0 Å². The summed E-state index contributed by atoms with van der Waals surface area (Å²) in [7, 11) is -3.52. The van der Waals surface area contributed by atoms with Gasteiger partial charge in [-0.3, -0.25) is 14.7 Å². The van der Waals surface area contributed by atoms with Crippen LogP contribution in [0.1, 0.15) is 25.5 Å². The van der Waals surface area contributed by atoms with Crippen LogP contribution in [0.4, 0.5) is 5.13 Å². The average Bonchev–Trinajstić information content (AvgIpc) is 3.26. The zero-order chi connectivity index (χ0) is 24.8. The lowest BCUT2D eigenvalue weighted by Crippen LogP contribution is -2.30. The molecule has 0 saturated carbocycles. The molecule has 0 spiro atoms. The highest BCUT2D eigenvalue weighted by atomic mass is 35.5. The number of halogens is 1. The number of nitrogens with zero attached hydrogens (tertiary/aromatic N) is 3. The first kappa shape index (κ1) is 25.1. The van der Waals surface area contributed by atoms with Crippen LogP contribution in [-0.4, -0.2) is 36.7 Å². The van der Waals surface area contributed by atoms with Crippen LogP contribution in [0.15, 0.2) is 71.8 Å². The third-order valence-corrected chi connectivity index (χ3v) is 8.32. The van der Waals surface area contributed by atoms with Crippen molar-refractivity contribution in [2.75, 3.05) is 17.3 Å². The second-order valence-corrected chi connectivity index (χ2v) is 11.3. The van der Waals surface area contributed by atoms with Crippen molar-refractivity contribution in [1.29, 1.82) is 0 Å². The first-order valence-corrected chi connectivity index (χ1v) is 13.9. The Labute approximate surface area is 213 Å². The predicted octanol–water partition coefficient (Wildman–Crippen LogP) is 5.53. The van der Waals surface area contributed by atoms with Gasteiger partial charge in [0.25, 0.3) is 0 Å².